The number of piperidine rings is 1. The van der Waals surface area contributed by atoms with Crippen molar-refractivity contribution in [2.75, 3.05) is 19.7 Å². The molecule has 21 heavy (non-hydrogen) atoms. The van der Waals surface area contributed by atoms with Crippen LogP contribution in [0.2, 0.25) is 0 Å². The zero-order chi connectivity index (χ0) is 14.5. The molecule has 0 saturated carbocycles. The van der Waals surface area contributed by atoms with Gasteiger partial charge in [-0.3, -0.25) is 0 Å². The quantitative estimate of drug-likeness (QED) is 0.883. The summed E-state index contributed by atoms with van der Waals surface area (Å²) >= 11 is 0. The molecule has 3 rings (SSSR count). The second kappa shape index (κ2) is 6.73. The predicted octanol–water partition coefficient (Wildman–Crippen LogP) is 1.15. The number of nitrogens with one attached hydrogen (secondary N) is 1. The molecule has 0 atom stereocenters. The second-order valence-electron chi connectivity index (χ2n) is 5.17. The van der Waals surface area contributed by atoms with Crippen LogP contribution in [0.5, 0.6) is 0 Å². The van der Waals surface area contributed by atoms with Gasteiger partial charge in [-0.15, -0.1) is 0 Å². The maximum atomic E-state index is 5.82. The molecule has 0 amide bonds. The first-order chi connectivity index (χ1) is 10.3. The summed E-state index contributed by atoms with van der Waals surface area (Å²) in [6, 6.07) is 0. The van der Waals surface area contributed by atoms with Gasteiger partial charge in [0.15, 0.2) is 0 Å². The monoisotopic (exact) mass is 289 g/mol. The Morgan fingerprint density at radius 2 is 2.00 bits per heavy atom. The van der Waals surface area contributed by atoms with Gasteiger partial charge in [0.05, 0.1) is 19.1 Å². The number of aromatic nitrogens is 4. The van der Waals surface area contributed by atoms with Crippen LogP contribution in [0.3, 0.4) is 0 Å². The maximum Gasteiger partial charge on any atom is 0.240 e. The van der Waals surface area contributed by atoms with Crippen molar-refractivity contribution in [1.82, 2.24) is 25.4 Å². The number of hydrogen-bond acceptors (Lipinski definition) is 7. The molecule has 0 radical (unpaired) electrons. The molecular formula is C14H19N5O2. The summed E-state index contributed by atoms with van der Waals surface area (Å²) in [5.41, 5.74) is 0.998. The third-order valence-electron chi connectivity index (χ3n) is 3.40. The Morgan fingerprint density at radius 3 is 2.76 bits per heavy atom. The van der Waals surface area contributed by atoms with Crippen LogP contribution in [0.1, 0.15) is 24.3 Å². The molecular weight excluding hydrogens is 270 g/mol. The van der Waals surface area contributed by atoms with E-state index in [1.807, 2.05) is 6.92 Å². The summed E-state index contributed by atoms with van der Waals surface area (Å²) in [6.07, 6.45) is 6.55. The summed E-state index contributed by atoms with van der Waals surface area (Å²) in [7, 11) is 0. The van der Waals surface area contributed by atoms with E-state index in [2.05, 4.69) is 25.4 Å². The maximum absolute atomic E-state index is 5.82. The Bertz CT molecular complexity index is 563. The van der Waals surface area contributed by atoms with E-state index in [9.17, 15) is 0 Å². The first-order valence-corrected chi connectivity index (χ1v) is 7.25. The minimum absolute atomic E-state index is 0.342. The van der Waals surface area contributed by atoms with Gasteiger partial charge in [0.2, 0.25) is 17.5 Å². The van der Waals surface area contributed by atoms with Gasteiger partial charge in [0.1, 0.15) is 0 Å². The molecule has 1 saturated heterocycles. The molecule has 112 valence electrons. The van der Waals surface area contributed by atoms with Gasteiger partial charge in [-0.2, -0.15) is 4.98 Å². The molecule has 0 bridgehead atoms. The molecule has 1 aliphatic rings. The highest BCUT2D eigenvalue weighted by Gasteiger charge is 2.15. The van der Waals surface area contributed by atoms with Crippen LogP contribution in [0.25, 0.3) is 11.6 Å². The highest BCUT2D eigenvalue weighted by atomic mass is 16.5. The largest absolute Gasteiger partial charge is 0.378 e. The Labute approximate surface area is 123 Å². The lowest BCUT2D eigenvalue weighted by molar-refractivity contribution is 0.0322. The fourth-order valence-electron chi connectivity index (χ4n) is 2.23. The molecule has 7 nitrogen and oxygen atoms in total. The molecule has 0 unspecified atom stereocenters. The average molecular weight is 289 g/mol. The molecule has 1 aliphatic heterocycles. The molecule has 0 spiro atoms. The van der Waals surface area contributed by atoms with Gasteiger partial charge in [0.25, 0.3) is 0 Å². The van der Waals surface area contributed by atoms with E-state index in [1.165, 1.54) is 0 Å². The average Bonchev–Trinajstić information content (AvgIpc) is 2.98. The first-order valence-electron chi connectivity index (χ1n) is 7.25. The minimum Gasteiger partial charge on any atom is -0.378 e. The van der Waals surface area contributed by atoms with Crippen molar-refractivity contribution in [2.24, 2.45) is 0 Å². The summed E-state index contributed by atoms with van der Waals surface area (Å²) in [4.78, 5) is 12.7. The van der Waals surface area contributed by atoms with Crippen LogP contribution in [0, 0.1) is 6.92 Å². The van der Waals surface area contributed by atoms with Crippen LogP contribution in [0.15, 0.2) is 16.9 Å². The van der Waals surface area contributed by atoms with Crippen LogP contribution in [-0.2, 0) is 11.2 Å². The first kappa shape index (κ1) is 14.1. The highest BCUT2D eigenvalue weighted by molar-refractivity contribution is 5.40. The van der Waals surface area contributed by atoms with Gasteiger partial charge < -0.3 is 14.6 Å². The molecule has 0 aromatic carbocycles. The predicted molar refractivity (Wildman–Crippen MR) is 75.6 cm³/mol. The van der Waals surface area contributed by atoms with E-state index >= 15 is 0 Å². The van der Waals surface area contributed by atoms with Crippen LogP contribution in [0.4, 0.5) is 0 Å². The van der Waals surface area contributed by atoms with Crippen molar-refractivity contribution in [2.45, 2.75) is 32.3 Å². The van der Waals surface area contributed by atoms with Gasteiger partial charge in [-0.25, -0.2) is 9.97 Å². The normalized spacial score (nSPS) is 16.2. The van der Waals surface area contributed by atoms with Crippen molar-refractivity contribution < 1.29 is 9.26 Å². The van der Waals surface area contributed by atoms with Crippen molar-refractivity contribution in [3.63, 3.8) is 0 Å². The van der Waals surface area contributed by atoms with Crippen molar-refractivity contribution >= 4 is 0 Å². The molecule has 7 heteroatoms. The Balaban J connectivity index is 1.51. The lowest BCUT2D eigenvalue weighted by atomic mass is 10.1. The van der Waals surface area contributed by atoms with Crippen LogP contribution >= 0.6 is 0 Å². The van der Waals surface area contributed by atoms with Crippen molar-refractivity contribution in [3.8, 4) is 11.6 Å². The van der Waals surface area contributed by atoms with Gasteiger partial charge in [-0.05, 0) is 38.4 Å². The summed E-state index contributed by atoms with van der Waals surface area (Å²) in [5, 5.41) is 7.22. The standard InChI is InChI=1S/C14H19N5O2/c1-10-8-16-13(17-9-10)14-18-12(21-19-14)4-7-20-11-2-5-15-6-3-11/h8-9,11,15H,2-7H2,1H3. The fraction of sp³-hybridized carbons (Fsp3) is 0.571. The summed E-state index contributed by atoms with van der Waals surface area (Å²) in [6.45, 7) is 4.59. The summed E-state index contributed by atoms with van der Waals surface area (Å²) in [5.74, 6) is 1.46. The third-order valence-corrected chi connectivity index (χ3v) is 3.40. The molecule has 1 N–H and O–H groups in total. The smallest absolute Gasteiger partial charge is 0.240 e. The Morgan fingerprint density at radius 1 is 1.24 bits per heavy atom. The number of aryl methyl sites for hydroxylation is 1. The van der Waals surface area contributed by atoms with E-state index in [-0.39, 0.29) is 0 Å². The van der Waals surface area contributed by atoms with E-state index in [0.717, 1.165) is 31.5 Å². The second-order valence-corrected chi connectivity index (χ2v) is 5.17. The Hall–Kier alpha value is -1.86. The molecule has 3 heterocycles. The van der Waals surface area contributed by atoms with E-state index in [4.69, 9.17) is 9.26 Å². The zero-order valence-electron chi connectivity index (χ0n) is 12.1. The molecule has 2 aromatic heterocycles. The Kier molecular flexibility index (Phi) is 4.52. The fourth-order valence-corrected chi connectivity index (χ4v) is 2.23. The number of ether oxygens (including phenoxy) is 1. The number of nitrogens with zero attached hydrogens (tertiary/aromatic N) is 4. The molecule has 1 fully saturated rings. The SMILES string of the molecule is Cc1cnc(-c2noc(CCOC3CCNCC3)n2)nc1. The van der Waals surface area contributed by atoms with Crippen LogP contribution < -0.4 is 5.32 Å². The molecule has 0 aliphatic carbocycles. The van der Waals surface area contributed by atoms with E-state index in [1.54, 1.807) is 12.4 Å². The van der Waals surface area contributed by atoms with Crippen molar-refractivity contribution in [1.29, 1.82) is 0 Å². The van der Waals surface area contributed by atoms with E-state index in [0.29, 0.717) is 36.7 Å². The van der Waals surface area contributed by atoms with Gasteiger partial charge in [0, 0.05) is 12.4 Å². The lowest BCUT2D eigenvalue weighted by Gasteiger charge is -2.22. The minimum atomic E-state index is 0.342. The number of hydrogen-bond donors (Lipinski definition) is 1. The third kappa shape index (κ3) is 3.83. The molecule has 2 aromatic rings. The number of rotatable bonds is 5. The van der Waals surface area contributed by atoms with Crippen LogP contribution in [-0.4, -0.2) is 45.9 Å². The lowest BCUT2D eigenvalue weighted by Crippen LogP contribution is -2.32. The van der Waals surface area contributed by atoms with Gasteiger partial charge >= 0.3 is 0 Å². The van der Waals surface area contributed by atoms with Crippen molar-refractivity contribution in [3.05, 3.63) is 23.8 Å². The van der Waals surface area contributed by atoms with E-state index < -0.39 is 0 Å². The topological polar surface area (TPSA) is 86.0 Å². The highest BCUT2D eigenvalue weighted by Crippen LogP contribution is 2.12. The summed E-state index contributed by atoms with van der Waals surface area (Å²) < 4.78 is 11.0. The van der Waals surface area contributed by atoms with Gasteiger partial charge in [-0.1, -0.05) is 5.16 Å². The zero-order valence-corrected chi connectivity index (χ0v) is 12.1.